The van der Waals surface area contributed by atoms with Gasteiger partial charge in [0.1, 0.15) is 5.75 Å². The fourth-order valence-electron chi connectivity index (χ4n) is 3.61. The van der Waals surface area contributed by atoms with Crippen LogP contribution in [-0.2, 0) is 16.6 Å². The number of imidazole rings is 1. The predicted molar refractivity (Wildman–Crippen MR) is 130 cm³/mol. The van der Waals surface area contributed by atoms with Gasteiger partial charge in [0.2, 0.25) is 10.0 Å². The molecule has 1 atom stereocenters. The highest BCUT2D eigenvalue weighted by molar-refractivity contribution is 7.89. The van der Waals surface area contributed by atoms with Crippen molar-refractivity contribution in [1.29, 1.82) is 0 Å². The van der Waals surface area contributed by atoms with E-state index in [1.54, 1.807) is 18.2 Å². The molecule has 0 aliphatic rings. The summed E-state index contributed by atoms with van der Waals surface area (Å²) in [6, 6.07) is 10.7. The first-order valence-electron chi connectivity index (χ1n) is 11.2. The van der Waals surface area contributed by atoms with Gasteiger partial charge in [0, 0.05) is 18.1 Å². The smallest absolute Gasteiger partial charge is 0.240 e. The van der Waals surface area contributed by atoms with Crippen molar-refractivity contribution in [3.63, 3.8) is 0 Å². The number of rotatable bonds is 11. The van der Waals surface area contributed by atoms with E-state index in [0.717, 1.165) is 54.9 Å². The van der Waals surface area contributed by atoms with Crippen molar-refractivity contribution in [2.24, 2.45) is 0 Å². The molecule has 0 aliphatic heterocycles. The van der Waals surface area contributed by atoms with Crippen LogP contribution in [0.25, 0.3) is 11.0 Å². The molecule has 32 heavy (non-hydrogen) atoms. The zero-order chi connectivity index (χ0) is 23.3. The number of sulfonamides is 1. The zero-order valence-electron chi connectivity index (χ0n) is 19.2. The predicted octanol–water partition coefficient (Wildman–Crippen LogP) is 6.02. The Morgan fingerprint density at radius 1 is 1.12 bits per heavy atom. The van der Waals surface area contributed by atoms with Gasteiger partial charge in [0.05, 0.1) is 15.9 Å². The molecule has 2 aromatic carbocycles. The van der Waals surface area contributed by atoms with Crippen molar-refractivity contribution in [2.45, 2.75) is 70.9 Å². The molecular formula is C24H32ClN3O3S. The number of hydrogen-bond donors (Lipinski definition) is 1. The minimum absolute atomic E-state index is 0.231. The molecule has 1 heterocycles. The van der Waals surface area contributed by atoms with Crippen LogP contribution in [0.15, 0.2) is 41.3 Å². The van der Waals surface area contributed by atoms with Crippen LogP contribution in [0.1, 0.15) is 63.9 Å². The van der Waals surface area contributed by atoms with E-state index in [2.05, 4.69) is 16.2 Å². The van der Waals surface area contributed by atoms with E-state index in [0.29, 0.717) is 17.1 Å². The summed E-state index contributed by atoms with van der Waals surface area (Å²) in [5.74, 6) is 1.52. The monoisotopic (exact) mass is 477 g/mol. The minimum Gasteiger partial charge on any atom is -0.483 e. The van der Waals surface area contributed by atoms with Crippen molar-refractivity contribution < 1.29 is 13.2 Å². The lowest BCUT2D eigenvalue weighted by molar-refractivity contribution is 0.210. The average Bonchev–Trinajstić information content (AvgIpc) is 3.12. The molecule has 1 N–H and O–H groups in total. The van der Waals surface area contributed by atoms with Crippen molar-refractivity contribution in [2.75, 3.05) is 6.54 Å². The first kappa shape index (κ1) is 24.6. The van der Waals surface area contributed by atoms with Crippen LogP contribution >= 0.6 is 11.6 Å². The second-order valence-corrected chi connectivity index (χ2v) is 10.3. The number of nitrogens with zero attached hydrogens (tertiary/aromatic N) is 2. The summed E-state index contributed by atoms with van der Waals surface area (Å²) in [6.45, 7) is 9.30. The zero-order valence-corrected chi connectivity index (χ0v) is 20.8. The molecule has 0 spiro atoms. The summed E-state index contributed by atoms with van der Waals surface area (Å²) < 4.78 is 36.4. The second-order valence-electron chi connectivity index (χ2n) is 8.05. The Morgan fingerprint density at radius 3 is 2.56 bits per heavy atom. The normalized spacial score (nSPS) is 12.9. The van der Waals surface area contributed by atoms with Gasteiger partial charge < -0.3 is 9.30 Å². The number of hydrogen-bond acceptors (Lipinski definition) is 4. The molecule has 0 fully saturated rings. The lowest BCUT2D eigenvalue weighted by Gasteiger charge is -2.18. The second kappa shape index (κ2) is 10.7. The molecule has 6 nitrogen and oxygen atoms in total. The van der Waals surface area contributed by atoms with Crippen molar-refractivity contribution in [3.05, 3.63) is 52.8 Å². The topological polar surface area (TPSA) is 73.2 Å². The Bertz CT molecular complexity index is 1170. The van der Waals surface area contributed by atoms with Gasteiger partial charge in [-0.2, -0.15) is 0 Å². The number of fused-ring (bicyclic) bond motifs is 1. The molecular weight excluding hydrogens is 446 g/mol. The molecule has 0 radical (unpaired) electrons. The molecule has 1 unspecified atom stereocenters. The largest absolute Gasteiger partial charge is 0.483 e. The van der Waals surface area contributed by atoms with E-state index < -0.39 is 10.0 Å². The van der Waals surface area contributed by atoms with E-state index in [9.17, 15) is 8.42 Å². The highest BCUT2D eigenvalue weighted by atomic mass is 35.5. The van der Waals surface area contributed by atoms with E-state index in [4.69, 9.17) is 21.3 Å². The fraction of sp³-hybridized carbons (Fsp3) is 0.458. The number of aryl methyl sites for hydroxylation is 2. The Balaban J connectivity index is 1.97. The summed E-state index contributed by atoms with van der Waals surface area (Å²) in [5.41, 5.74) is 2.51. The molecule has 8 heteroatoms. The maximum absolute atomic E-state index is 12.7. The third kappa shape index (κ3) is 5.63. The van der Waals surface area contributed by atoms with Crippen molar-refractivity contribution >= 4 is 32.7 Å². The minimum atomic E-state index is -3.57. The van der Waals surface area contributed by atoms with E-state index in [-0.39, 0.29) is 11.0 Å². The first-order chi connectivity index (χ1) is 15.3. The number of halogens is 1. The standard InChI is InChI=1S/C24H32ClN3O3S/c1-5-7-13-26-32(29,30)20-10-11-22-21(16-20)27-24(28(22)14-8-6-2)18(4)31-23-12-9-19(25)15-17(23)3/h9-12,15-16,18,26H,5-8,13-14H2,1-4H3. The summed E-state index contributed by atoms with van der Waals surface area (Å²) in [7, 11) is -3.57. The Morgan fingerprint density at radius 2 is 1.88 bits per heavy atom. The molecule has 0 saturated carbocycles. The summed E-state index contributed by atoms with van der Waals surface area (Å²) in [5, 5.41) is 0.666. The Kier molecular flexibility index (Phi) is 8.20. The third-order valence-corrected chi connectivity index (χ3v) is 7.12. The number of nitrogens with one attached hydrogen (secondary N) is 1. The number of aromatic nitrogens is 2. The van der Waals surface area contributed by atoms with Gasteiger partial charge in [-0.05, 0) is 68.7 Å². The van der Waals surface area contributed by atoms with Crippen molar-refractivity contribution in [3.8, 4) is 5.75 Å². The van der Waals surface area contributed by atoms with E-state index in [1.165, 1.54) is 0 Å². The van der Waals surface area contributed by atoms with Crippen LogP contribution in [0.2, 0.25) is 5.02 Å². The highest BCUT2D eigenvalue weighted by Crippen LogP contribution is 2.30. The van der Waals surface area contributed by atoms with Gasteiger partial charge in [0.25, 0.3) is 0 Å². The first-order valence-corrected chi connectivity index (χ1v) is 13.1. The van der Waals surface area contributed by atoms with Crippen LogP contribution in [0.5, 0.6) is 5.75 Å². The average molecular weight is 478 g/mol. The Labute approximate surface area is 196 Å². The molecule has 0 aliphatic carbocycles. The SMILES string of the molecule is CCCCNS(=O)(=O)c1ccc2c(c1)nc(C(C)Oc1ccc(Cl)cc1C)n2CCCC. The number of benzene rings is 2. The summed E-state index contributed by atoms with van der Waals surface area (Å²) >= 11 is 6.07. The van der Waals surface area contributed by atoms with E-state index >= 15 is 0 Å². The highest BCUT2D eigenvalue weighted by Gasteiger charge is 2.21. The molecule has 0 saturated heterocycles. The fourth-order valence-corrected chi connectivity index (χ4v) is 4.93. The lowest BCUT2D eigenvalue weighted by Crippen LogP contribution is -2.24. The van der Waals surface area contributed by atoms with Gasteiger partial charge >= 0.3 is 0 Å². The molecule has 1 aromatic heterocycles. The third-order valence-electron chi connectivity index (χ3n) is 5.42. The summed E-state index contributed by atoms with van der Waals surface area (Å²) in [4.78, 5) is 5.03. The van der Waals surface area contributed by atoms with Gasteiger partial charge in [-0.25, -0.2) is 18.1 Å². The van der Waals surface area contributed by atoms with Gasteiger partial charge in [-0.1, -0.05) is 38.3 Å². The van der Waals surface area contributed by atoms with Gasteiger partial charge in [-0.15, -0.1) is 0 Å². The molecule has 3 aromatic rings. The quantitative estimate of drug-likeness (QED) is 0.343. The van der Waals surface area contributed by atoms with Crippen LogP contribution in [0.3, 0.4) is 0 Å². The van der Waals surface area contributed by atoms with Crippen LogP contribution in [0.4, 0.5) is 0 Å². The van der Waals surface area contributed by atoms with E-state index in [1.807, 2.05) is 39.0 Å². The lowest BCUT2D eigenvalue weighted by atomic mass is 10.2. The van der Waals surface area contributed by atoms with Crippen LogP contribution in [0, 0.1) is 6.92 Å². The molecule has 0 bridgehead atoms. The van der Waals surface area contributed by atoms with Gasteiger partial charge in [-0.3, -0.25) is 0 Å². The maximum Gasteiger partial charge on any atom is 0.240 e. The number of unbranched alkanes of at least 4 members (excludes halogenated alkanes) is 2. The maximum atomic E-state index is 12.7. The molecule has 0 amide bonds. The summed E-state index contributed by atoms with van der Waals surface area (Å²) in [6.07, 6.45) is 3.44. The van der Waals surface area contributed by atoms with Crippen LogP contribution < -0.4 is 9.46 Å². The van der Waals surface area contributed by atoms with Crippen molar-refractivity contribution in [1.82, 2.24) is 14.3 Å². The van der Waals surface area contributed by atoms with Gasteiger partial charge in [0.15, 0.2) is 11.9 Å². The van der Waals surface area contributed by atoms with Crippen LogP contribution in [-0.4, -0.2) is 24.5 Å². The Hall–Kier alpha value is -2.09. The number of ether oxygens (including phenoxy) is 1. The molecule has 174 valence electrons. The molecule has 3 rings (SSSR count).